The number of carbonyl (C=O) groups excluding carboxylic acids is 4. The zero-order valence-corrected chi connectivity index (χ0v) is 29.9. The second-order valence-corrected chi connectivity index (χ2v) is 16.2. The number of methoxy groups -OCH3 is 1. The lowest BCUT2D eigenvalue weighted by molar-refractivity contribution is -0.145. The summed E-state index contributed by atoms with van der Waals surface area (Å²) in [4.78, 5) is 51.9. The standard InChI is InChI=1S/C37H55N3O9/c1-35(2)19-26-20-36(3,4)24-37(21-26,23-35)39-34(44)48-15-11-31(41)46-16-13-40-12-6-7-28(22-40)38-33(43)49-29-9-8-25(18-30(29)45-5)17-27-10-14-47-32(27)42/h8-9,18,26-28H,6-7,10-17,19-24H2,1-5H3,(H,38,43)(H,39,44). The Kier molecular flexibility index (Phi) is 11.7. The predicted molar refractivity (Wildman–Crippen MR) is 181 cm³/mol. The number of amides is 2. The van der Waals surface area contributed by atoms with E-state index < -0.39 is 18.2 Å². The topological polar surface area (TPSA) is 142 Å². The maximum atomic E-state index is 12.8. The fourth-order valence-corrected chi connectivity index (χ4v) is 9.10. The van der Waals surface area contributed by atoms with Crippen molar-refractivity contribution in [2.75, 3.05) is 46.6 Å². The highest BCUT2D eigenvalue weighted by atomic mass is 16.6. The molecule has 49 heavy (non-hydrogen) atoms. The van der Waals surface area contributed by atoms with Gasteiger partial charge < -0.3 is 34.3 Å². The second kappa shape index (κ2) is 15.6. The maximum absolute atomic E-state index is 12.8. The van der Waals surface area contributed by atoms with E-state index in [4.69, 9.17) is 23.7 Å². The van der Waals surface area contributed by atoms with Gasteiger partial charge in [-0.2, -0.15) is 0 Å². The highest BCUT2D eigenvalue weighted by Gasteiger charge is 2.52. The molecule has 1 aromatic carbocycles. The lowest BCUT2D eigenvalue weighted by atomic mass is 9.53. The summed E-state index contributed by atoms with van der Waals surface area (Å²) in [5.41, 5.74) is 0.971. The highest BCUT2D eigenvalue weighted by molar-refractivity contribution is 5.75. The summed E-state index contributed by atoms with van der Waals surface area (Å²) < 4.78 is 26.9. The maximum Gasteiger partial charge on any atom is 0.412 e. The number of cyclic esters (lactones) is 1. The van der Waals surface area contributed by atoms with Gasteiger partial charge in [0.25, 0.3) is 0 Å². The minimum atomic E-state index is -0.577. The predicted octanol–water partition coefficient (Wildman–Crippen LogP) is 5.40. The molecule has 5 rings (SSSR count). The second-order valence-electron chi connectivity index (χ2n) is 16.2. The van der Waals surface area contributed by atoms with Gasteiger partial charge >= 0.3 is 24.1 Å². The van der Waals surface area contributed by atoms with Crippen LogP contribution in [0, 0.1) is 22.7 Å². The molecule has 2 heterocycles. The first-order chi connectivity index (χ1) is 23.2. The molecule has 0 aromatic heterocycles. The Hall–Kier alpha value is -3.54. The number of benzene rings is 1. The van der Waals surface area contributed by atoms with E-state index in [0.717, 1.165) is 44.2 Å². The number of ether oxygens (including phenoxy) is 5. The van der Waals surface area contributed by atoms with Crippen LogP contribution in [-0.2, 0) is 30.2 Å². The average Bonchev–Trinajstić information content (AvgIpc) is 3.39. The number of alkyl carbamates (subject to hydrolysis) is 1. The van der Waals surface area contributed by atoms with E-state index >= 15 is 0 Å². The molecule has 1 aromatic rings. The summed E-state index contributed by atoms with van der Waals surface area (Å²) in [6.45, 7) is 11.7. The van der Waals surface area contributed by atoms with E-state index in [1.54, 1.807) is 12.1 Å². The molecule has 272 valence electrons. The minimum Gasteiger partial charge on any atom is -0.493 e. The number of hydrogen-bond donors (Lipinski definition) is 2. The van der Waals surface area contributed by atoms with Gasteiger partial charge in [0, 0.05) is 24.7 Å². The first-order valence-electron chi connectivity index (χ1n) is 17.9. The van der Waals surface area contributed by atoms with Crippen molar-refractivity contribution in [1.82, 2.24) is 15.5 Å². The molecule has 0 spiro atoms. The quantitative estimate of drug-likeness (QED) is 0.217. The summed E-state index contributed by atoms with van der Waals surface area (Å²) >= 11 is 0. The summed E-state index contributed by atoms with van der Waals surface area (Å²) in [5, 5.41) is 6.14. The Labute approximate surface area is 290 Å². The number of esters is 2. The number of likely N-dealkylation sites (tertiary alicyclic amines) is 1. The Balaban J connectivity index is 0.981. The number of piperidine rings is 1. The van der Waals surface area contributed by atoms with Crippen molar-refractivity contribution in [2.45, 2.75) is 103 Å². The van der Waals surface area contributed by atoms with Crippen LogP contribution in [0.25, 0.3) is 0 Å². The van der Waals surface area contributed by atoms with Crippen molar-refractivity contribution < 1.29 is 42.9 Å². The van der Waals surface area contributed by atoms with Gasteiger partial charge in [-0.3, -0.25) is 14.5 Å². The Morgan fingerprint density at radius 3 is 2.41 bits per heavy atom. The average molecular weight is 686 g/mol. The summed E-state index contributed by atoms with van der Waals surface area (Å²) in [7, 11) is 1.51. The largest absolute Gasteiger partial charge is 0.493 e. The molecule has 2 unspecified atom stereocenters. The molecule has 2 bridgehead atoms. The molecule has 2 atom stereocenters. The lowest BCUT2D eigenvalue weighted by Gasteiger charge is -2.56. The van der Waals surface area contributed by atoms with Gasteiger partial charge in [0.05, 0.1) is 26.1 Å². The molecule has 2 aliphatic carbocycles. The number of nitrogens with zero attached hydrogens (tertiary/aromatic N) is 1. The van der Waals surface area contributed by atoms with Crippen LogP contribution < -0.4 is 20.1 Å². The van der Waals surface area contributed by atoms with Crippen molar-refractivity contribution in [3.63, 3.8) is 0 Å². The van der Waals surface area contributed by atoms with Gasteiger partial charge in [-0.05, 0) is 98.8 Å². The Morgan fingerprint density at radius 2 is 1.71 bits per heavy atom. The van der Waals surface area contributed by atoms with Crippen LogP contribution in [0.1, 0.15) is 91.0 Å². The third kappa shape index (κ3) is 10.5. The summed E-state index contributed by atoms with van der Waals surface area (Å²) in [5.74, 6) is 0.527. The monoisotopic (exact) mass is 685 g/mol. The normalized spacial score (nSPS) is 27.4. The third-order valence-electron chi connectivity index (χ3n) is 10.4. The van der Waals surface area contributed by atoms with Crippen molar-refractivity contribution >= 4 is 24.1 Å². The molecule has 4 fully saturated rings. The summed E-state index contributed by atoms with van der Waals surface area (Å²) in [6, 6.07) is 5.16. The van der Waals surface area contributed by atoms with Crippen LogP contribution in [0.3, 0.4) is 0 Å². The van der Waals surface area contributed by atoms with Gasteiger partial charge in [0.15, 0.2) is 11.5 Å². The van der Waals surface area contributed by atoms with Crippen LogP contribution in [0.4, 0.5) is 9.59 Å². The van der Waals surface area contributed by atoms with Gasteiger partial charge in [0.1, 0.15) is 13.2 Å². The van der Waals surface area contributed by atoms with Gasteiger partial charge in [-0.15, -0.1) is 0 Å². The van der Waals surface area contributed by atoms with E-state index in [1.807, 2.05) is 6.07 Å². The van der Waals surface area contributed by atoms with E-state index in [2.05, 4.69) is 43.2 Å². The molecule has 2 saturated heterocycles. The zero-order valence-electron chi connectivity index (χ0n) is 29.9. The van der Waals surface area contributed by atoms with E-state index in [1.165, 1.54) is 20.0 Å². The van der Waals surface area contributed by atoms with Crippen LogP contribution in [0.15, 0.2) is 18.2 Å². The zero-order chi connectivity index (χ0) is 35.2. The molecule has 2 amide bonds. The molecule has 4 aliphatic rings. The SMILES string of the molecule is COc1cc(CC2CCOC2=O)ccc1OC(=O)NC1CCCN(CCOC(=O)CCOC(=O)NC23CC(CC(C)(C)C2)CC(C)(C)C3)C1. The number of rotatable bonds is 12. The fourth-order valence-electron chi connectivity index (χ4n) is 9.10. The van der Waals surface area contributed by atoms with Gasteiger partial charge in [-0.25, -0.2) is 9.59 Å². The van der Waals surface area contributed by atoms with E-state index in [9.17, 15) is 19.2 Å². The van der Waals surface area contributed by atoms with Crippen molar-refractivity contribution in [2.24, 2.45) is 22.7 Å². The number of hydrogen-bond acceptors (Lipinski definition) is 10. The Bertz CT molecular complexity index is 1340. The smallest absolute Gasteiger partial charge is 0.412 e. The summed E-state index contributed by atoms with van der Waals surface area (Å²) in [6.07, 6.45) is 7.05. The fraction of sp³-hybridized carbons (Fsp3) is 0.730. The molecule has 2 N–H and O–H groups in total. The highest BCUT2D eigenvalue weighted by Crippen LogP contribution is 2.55. The number of fused-ring (bicyclic) bond motifs is 2. The van der Waals surface area contributed by atoms with Crippen molar-refractivity contribution in [3.8, 4) is 11.5 Å². The first kappa shape index (κ1) is 36.7. The lowest BCUT2D eigenvalue weighted by Crippen LogP contribution is -2.59. The van der Waals surface area contributed by atoms with Crippen LogP contribution in [0.5, 0.6) is 11.5 Å². The van der Waals surface area contributed by atoms with Crippen LogP contribution in [0.2, 0.25) is 0 Å². The van der Waals surface area contributed by atoms with E-state index in [0.29, 0.717) is 50.0 Å². The Morgan fingerprint density at radius 1 is 0.959 bits per heavy atom. The molecule has 12 heteroatoms. The molecule has 2 aliphatic heterocycles. The van der Waals surface area contributed by atoms with Gasteiger partial charge in [0.2, 0.25) is 0 Å². The number of carbonyl (C=O) groups is 4. The molecule has 12 nitrogen and oxygen atoms in total. The first-order valence-corrected chi connectivity index (χ1v) is 17.9. The molecular formula is C37H55N3O9. The van der Waals surface area contributed by atoms with Crippen LogP contribution >= 0.6 is 0 Å². The van der Waals surface area contributed by atoms with Crippen LogP contribution in [-0.4, -0.2) is 87.2 Å². The van der Waals surface area contributed by atoms with Crippen molar-refractivity contribution in [3.05, 3.63) is 23.8 Å². The molecule has 0 radical (unpaired) electrons. The van der Waals surface area contributed by atoms with E-state index in [-0.39, 0.29) is 53.9 Å². The number of nitrogens with one attached hydrogen (secondary N) is 2. The molecule has 2 saturated carbocycles. The van der Waals surface area contributed by atoms with Gasteiger partial charge in [-0.1, -0.05) is 33.8 Å². The molecular weight excluding hydrogens is 630 g/mol. The van der Waals surface area contributed by atoms with Crippen molar-refractivity contribution in [1.29, 1.82) is 0 Å². The minimum absolute atomic E-state index is 0.00633. The third-order valence-corrected chi connectivity index (χ3v) is 10.4.